The number of halogens is 2. The van der Waals surface area contributed by atoms with Crippen LogP contribution in [0.5, 0.6) is 11.5 Å². The van der Waals surface area contributed by atoms with Crippen LogP contribution in [0, 0.1) is 0 Å². The highest BCUT2D eigenvalue weighted by Crippen LogP contribution is 2.40. The van der Waals surface area contributed by atoms with Gasteiger partial charge in [0.2, 0.25) is 0 Å². The van der Waals surface area contributed by atoms with Crippen molar-refractivity contribution in [3.63, 3.8) is 0 Å². The van der Waals surface area contributed by atoms with E-state index in [9.17, 15) is 9.59 Å². The Bertz CT molecular complexity index is 1030. The first-order valence-electron chi connectivity index (χ1n) is 8.05. The SMILES string of the molecule is COc1cc(-c2cc(Cl)cc(Cl)c2)cc(/C=C2\SC(=S)NC2=O)c1OCC(=O)O. The topological polar surface area (TPSA) is 84.9 Å². The average Bonchev–Trinajstić information content (AvgIpc) is 2.96. The number of nitrogens with one attached hydrogen (secondary N) is 1. The first-order chi connectivity index (χ1) is 13.8. The van der Waals surface area contributed by atoms with Gasteiger partial charge in [0, 0.05) is 15.6 Å². The molecule has 2 aromatic rings. The highest BCUT2D eigenvalue weighted by atomic mass is 35.5. The number of carbonyl (C=O) groups excluding carboxylic acids is 1. The third-order valence-electron chi connectivity index (χ3n) is 3.77. The molecule has 0 atom stereocenters. The number of thioether (sulfide) groups is 1. The number of aliphatic carboxylic acids is 1. The molecule has 1 amide bonds. The molecule has 0 unspecified atom stereocenters. The Balaban J connectivity index is 2.18. The molecule has 2 N–H and O–H groups in total. The van der Waals surface area contributed by atoms with Gasteiger partial charge in [-0.25, -0.2) is 4.79 Å². The van der Waals surface area contributed by atoms with Crippen molar-refractivity contribution in [2.24, 2.45) is 0 Å². The number of hydrogen-bond acceptors (Lipinski definition) is 6. The van der Waals surface area contributed by atoms with Crippen molar-refractivity contribution in [1.82, 2.24) is 5.32 Å². The lowest BCUT2D eigenvalue weighted by atomic mass is 10.0. The van der Waals surface area contributed by atoms with Crippen molar-refractivity contribution in [1.29, 1.82) is 0 Å². The largest absolute Gasteiger partial charge is 0.493 e. The average molecular weight is 470 g/mol. The molecule has 10 heteroatoms. The second-order valence-electron chi connectivity index (χ2n) is 5.79. The molecule has 29 heavy (non-hydrogen) atoms. The summed E-state index contributed by atoms with van der Waals surface area (Å²) in [4.78, 5) is 23.4. The normalized spacial score (nSPS) is 14.8. The molecule has 0 aliphatic carbocycles. The number of ether oxygens (including phenoxy) is 2. The fourth-order valence-corrected chi connectivity index (χ4v) is 4.18. The Labute approximate surface area is 185 Å². The van der Waals surface area contributed by atoms with E-state index < -0.39 is 12.6 Å². The monoisotopic (exact) mass is 469 g/mol. The van der Waals surface area contributed by atoms with Gasteiger partial charge in [-0.05, 0) is 47.5 Å². The van der Waals surface area contributed by atoms with Crippen LogP contribution in [0.15, 0.2) is 35.2 Å². The van der Waals surface area contributed by atoms with Gasteiger partial charge in [0.25, 0.3) is 5.91 Å². The zero-order chi connectivity index (χ0) is 21.1. The van der Waals surface area contributed by atoms with E-state index in [2.05, 4.69) is 5.32 Å². The van der Waals surface area contributed by atoms with Gasteiger partial charge in [0.1, 0.15) is 4.32 Å². The van der Waals surface area contributed by atoms with Crippen molar-refractivity contribution < 1.29 is 24.2 Å². The summed E-state index contributed by atoms with van der Waals surface area (Å²) in [5.74, 6) is -1.02. The lowest BCUT2D eigenvalue weighted by Gasteiger charge is -2.15. The van der Waals surface area contributed by atoms with Crippen LogP contribution in [-0.4, -0.2) is 35.0 Å². The molecule has 150 valence electrons. The van der Waals surface area contributed by atoms with Crippen LogP contribution >= 0.6 is 47.2 Å². The van der Waals surface area contributed by atoms with Crippen LogP contribution in [0.3, 0.4) is 0 Å². The summed E-state index contributed by atoms with van der Waals surface area (Å²) in [5, 5.41) is 12.4. The zero-order valence-corrected chi connectivity index (χ0v) is 18.0. The van der Waals surface area contributed by atoms with Crippen molar-refractivity contribution in [2.75, 3.05) is 13.7 Å². The standard InChI is InChI=1S/C19H13Cl2NO5S2/c1-26-14-5-9(10-3-12(20)7-13(21)4-10)2-11(17(14)27-8-16(23)24)6-15-18(25)22-19(28)29-15/h2-7H,8H2,1H3,(H,23,24)(H,22,25,28)/b15-6-. The van der Waals surface area contributed by atoms with Gasteiger partial charge in [-0.1, -0.05) is 47.2 Å². The van der Waals surface area contributed by atoms with Crippen molar-refractivity contribution in [3.8, 4) is 22.6 Å². The second kappa shape index (κ2) is 9.04. The van der Waals surface area contributed by atoms with Gasteiger partial charge in [-0.2, -0.15) is 0 Å². The Morgan fingerprint density at radius 1 is 1.21 bits per heavy atom. The fraction of sp³-hybridized carbons (Fsp3) is 0.105. The van der Waals surface area contributed by atoms with Crippen LogP contribution in [0.4, 0.5) is 0 Å². The predicted octanol–water partition coefficient (Wildman–Crippen LogP) is 4.62. The first-order valence-corrected chi connectivity index (χ1v) is 10.0. The molecule has 1 aliphatic heterocycles. The quantitative estimate of drug-likeness (QED) is 0.471. The van der Waals surface area contributed by atoms with Crippen molar-refractivity contribution in [3.05, 3.63) is 50.8 Å². The van der Waals surface area contributed by atoms with E-state index in [1.54, 1.807) is 36.4 Å². The summed E-state index contributed by atoms with van der Waals surface area (Å²) in [6, 6.07) is 8.46. The Hall–Kier alpha value is -2.26. The minimum Gasteiger partial charge on any atom is -0.493 e. The molecule has 1 aliphatic rings. The fourth-order valence-electron chi connectivity index (χ4n) is 2.62. The summed E-state index contributed by atoms with van der Waals surface area (Å²) < 4.78 is 11.2. The summed E-state index contributed by atoms with van der Waals surface area (Å²) >= 11 is 18.3. The number of carbonyl (C=O) groups is 2. The van der Waals surface area contributed by atoms with E-state index in [-0.39, 0.29) is 17.4 Å². The third-order valence-corrected chi connectivity index (χ3v) is 5.37. The molecule has 0 bridgehead atoms. The van der Waals surface area contributed by atoms with E-state index in [0.717, 1.165) is 11.8 Å². The molecule has 1 saturated heterocycles. The Morgan fingerprint density at radius 2 is 1.86 bits per heavy atom. The molecule has 0 saturated carbocycles. The number of methoxy groups -OCH3 is 1. The molecule has 0 radical (unpaired) electrons. The Morgan fingerprint density at radius 3 is 2.41 bits per heavy atom. The van der Waals surface area contributed by atoms with Gasteiger partial charge in [0.05, 0.1) is 12.0 Å². The molecule has 1 fully saturated rings. The van der Waals surface area contributed by atoms with Gasteiger partial charge in [0.15, 0.2) is 18.1 Å². The van der Waals surface area contributed by atoms with Crippen LogP contribution in [0.1, 0.15) is 5.56 Å². The van der Waals surface area contributed by atoms with E-state index in [0.29, 0.717) is 36.0 Å². The van der Waals surface area contributed by atoms with E-state index in [1.807, 2.05) is 0 Å². The molecule has 0 aromatic heterocycles. The summed E-state index contributed by atoms with van der Waals surface area (Å²) in [7, 11) is 1.43. The zero-order valence-electron chi connectivity index (χ0n) is 14.8. The van der Waals surface area contributed by atoms with Gasteiger partial charge >= 0.3 is 5.97 Å². The van der Waals surface area contributed by atoms with Gasteiger partial charge in [-0.3, -0.25) is 4.79 Å². The van der Waals surface area contributed by atoms with Crippen molar-refractivity contribution >= 4 is 69.5 Å². The van der Waals surface area contributed by atoms with Crippen LogP contribution < -0.4 is 14.8 Å². The van der Waals surface area contributed by atoms with Crippen molar-refractivity contribution in [2.45, 2.75) is 0 Å². The summed E-state index contributed by atoms with van der Waals surface area (Å²) in [6.45, 7) is -0.577. The number of carboxylic acids is 1. The van der Waals surface area contributed by atoms with E-state index in [1.165, 1.54) is 7.11 Å². The molecule has 6 nitrogen and oxygen atoms in total. The lowest BCUT2D eigenvalue weighted by Crippen LogP contribution is -2.17. The molecule has 0 spiro atoms. The van der Waals surface area contributed by atoms with Crippen LogP contribution in [0.25, 0.3) is 17.2 Å². The maximum absolute atomic E-state index is 12.1. The van der Waals surface area contributed by atoms with Gasteiger partial charge < -0.3 is 19.9 Å². The predicted molar refractivity (Wildman–Crippen MR) is 118 cm³/mol. The second-order valence-corrected chi connectivity index (χ2v) is 8.38. The molecule has 1 heterocycles. The van der Waals surface area contributed by atoms with Gasteiger partial charge in [-0.15, -0.1) is 0 Å². The van der Waals surface area contributed by atoms with E-state index in [4.69, 9.17) is 50.0 Å². The summed E-state index contributed by atoms with van der Waals surface area (Å²) in [6.07, 6.45) is 1.56. The number of hydrogen-bond donors (Lipinski definition) is 2. The number of amides is 1. The van der Waals surface area contributed by atoms with Crippen LogP contribution in [0.2, 0.25) is 10.0 Å². The third kappa shape index (κ3) is 5.22. The highest BCUT2D eigenvalue weighted by Gasteiger charge is 2.24. The maximum atomic E-state index is 12.1. The number of rotatable bonds is 6. The molecule has 3 rings (SSSR count). The minimum absolute atomic E-state index is 0.186. The molecular formula is C19H13Cl2NO5S2. The maximum Gasteiger partial charge on any atom is 0.341 e. The smallest absolute Gasteiger partial charge is 0.341 e. The molecular weight excluding hydrogens is 457 g/mol. The molecule has 2 aromatic carbocycles. The first kappa shape index (κ1) is 21.4. The lowest BCUT2D eigenvalue weighted by molar-refractivity contribution is -0.139. The van der Waals surface area contributed by atoms with Crippen LogP contribution in [-0.2, 0) is 9.59 Å². The number of thiocarbonyl (C=S) groups is 1. The minimum atomic E-state index is -1.15. The Kier molecular flexibility index (Phi) is 6.69. The summed E-state index contributed by atoms with van der Waals surface area (Å²) in [5.41, 5.74) is 1.84. The number of benzene rings is 2. The van der Waals surface area contributed by atoms with E-state index >= 15 is 0 Å². The number of carboxylic acid groups (broad SMARTS) is 1. The highest BCUT2D eigenvalue weighted by molar-refractivity contribution is 8.26.